The Kier molecular flexibility index (Phi) is 6.49. The predicted molar refractivity (Wildman–Crippen MR) is 107 cm³/mol. The second kappa shape index (κ2) is 9.23. The van der Waals surface area contributed by atoms with Gasteiger partial charge in [-0.15, -0.1) is 5.10 Å². The van der Waals surface area contributed by atoms with Crippen LogP contribution in [0.3, 0.4) is 0 Å². The van der Waals surface area contributed by atoms with Gasteiger partial charge in [-0.05, 0) is 60.7 Å². The first-order chi connectivity index (χ1) is 13.6. The van der Waals surface area contributed by atoms with Gasteiger partial charge in [-0.25, -0.2) is 0 Å². The van der Waals surface area contributed by atoms with E-state index in [0.29, 0.717) is 23.2 Å². The molecule has 3 rings (SSSR count). The first kappa shape index (κ1) is 19.7. The van der Waals surface area contributed by atoms with Crippen LogP contribution >= 0.6 is 11.8 Å². The van der Waals surface area contributed by atoms with Crippen molar-refractivity contribution in [3.8, 4) is 17.2 Å². The molecule has 0 bridgehead atoms. The quantitative estimate of drug-likeness (QED) is 0.582. The Morgan fingerprint density at radius 1 is 1.21 bits per heavy atom. The fourth-order valence-corrected chi connectivity index (χ4v) is 3.27. The van der Waals surface area contributed by atoms with Crippen molar-refractivity contribution in [1.82, 2.24) is 20.2 Å². The highest BCUT2D eigenvalue weighted by Crippen LogP contribution is 2.27. The molecule has 146 valence electrons. The van der Waals surface area contributed by atoms with Gasteiger partial charge in [0.05, 0.1) is 30.3 Å². The number of amides is 1. The third-order valence-electron chi connectivity index (χ3n) is 3.85. The van der Waals surface area contributed by atoms with Crippen molar-refractivity contribution in [3.63, 3.8) is 0 Å². The maximum atomic E-state index is 12.6. The van der Waals surface area contributed by atoms with E-state index in [1.54, 1.807) is 30.8 Å². The molecule has 0 radical (unpaired) electrons. The number of aromatic nitrogens is 4. The lowest BCUT2D eigenvalue weighted by molar-refractivity contribution is -0.115. The number of thioether (sulfide) groups is 1. The maximum absolute atomic E-state index is 12.6. The average Bonchev–Trinajstić information content (AvgIpc) is 3.17. The Morgan fingerprint density at radius 3 is 2.68 bits per heavy atom. The highest BCUT2D eigenvalue weighted by atomic mass is 32.2. The smallest absolute Gasteiger partial charge is 0.237 e. The van der Waals surface area contributed by atoms with Crippen molar-refractivity contribution < 1.29 is 14.3 Å². The minimum atomic E-state index is -0.419. The fraction of sp³-hybridized carbons (Fsp3) is 0.263. The van der Waals surface area contributed by atoms with Crippen LogP contribution in [0.5, 0.6) is 11.5 Å². The van der Waals surface area contributed by atoms with Gasteiger partial charge in [-0.2, -0.15) is 4.68 Å². The highest BCUT2D eigenvalue weighted by Gasteiger charge is 2.20. The molecule has 1 heterocycles. The minimum Gasteiger partial charge on any atom is -0.495 e. The molecule has 0 aliphatic heterocycles. The second-order valence-electron chi connectivity index (χ2n) is 5.75. The largest absolute Gasteiger partial charge is 0.495 e. The summed E-state index contributed by atoms with van der Waals surface area (Å²) in [6.07, 6.45) is 0. The number of ether oxygens (including phenoxy) is 2. The van der Waals surface area contributed by atoms with Crippen LogP contribution in [0.15, 0.2) is 53.7 Å². The van der Waals surface area contributed by atoms with E-state index >= 15 is 0 Å². The first-order valence-corrected chi connectivity index (χ1v) is 9.62. The predicted octanol–water partition coefficient (Wildman–Crippen LogP) is 3.19. The molecule has 1 N–H and O–H groups in total. The van der Waals surface area contributed by atoms with Crippen molar-refractivity contribution in [2.45, 2.75) is 24.3 Å². The van der Waals surface area contributed by atoms with Crippen LogP contribution in [0.25, 0.3) is 5.69 Å². The lowest BCUT2D eigenvalue weighted by Gasteiger charge is -2.14. The summed E-state index contributed by atoms with van der Waals surface area (Å²) >= 11 is 1.27. The van der Waals surface area contributed by atoms with Gasteiger partial charge >= 0.3 is 0 Å². The Morgan fingerprint density at radius 2 is 1.96 bits per heavy atom. The third-order valence-corrected chi connectivity index (χ3v) is 4.88. The molecule has 1 aromatic heterocycles. The van der Waals surface area contributed by atoms with Crippen LogP contribution in [0, 0.1) is 0 Å². The number of nitrogens with one attached hydrogen (secondary N) is 1. The maximum Gasteiger partial charge on any atom is 0.237 e. The van der Waals surface area contributed by atoms with Crippen LogP contribution < -0.4 is 14.8 Å². The van der Waals surface area contributed by atoms with Gasteiger partial charge in [0, 0.05) is 0 Å². The molecule has 0 unspecified atom stereocenters. The molecule has 2 aromatic carbocycles. The summed E-state index contributed by atoms with van der Waals surface area (Å²) in [6.45, 7) is 4.33. The van der Waals surface area contributed by atoms with Crippen molar-refractivity contribution in [1.29, 1.82) is 0 Å². The lowest BCUT2D eigenvalue weighted by atomic mass is 10.3. The number of hydrogen-bond donors (Lipinski definition) is 1. The van der Waals surface area contributed by atoms with Gasteiger partial charge in [-0.3, -0.25) is 4.79 Å². The standard InChI is InChI=1S/C19H21N5O3S/c1-4-27-15-11-9-14(10-12-15)24-19(21-22-23-24)28-13(2)18(25)20-16-7-5-6-8-17(16)26-3/h5-13H,4H2,1-3H3,(H,20,25)/t13-/m1/s1. The van der Waals surface area contributed by atoms with E-state index in [2.05, 4.69) is 20.8 Å². The van der Waals surface area contributed by atoms with E-state index in [1.807, 2.05) is 43.3 Å². The number of para-hydroxylation sites is 2. The van der Waals surface area contributed by atoms with Crippen LogP contribution in [0.1, 0.15) is 13.8 Å². The summed E-state index contributed by atoms with van der Waals surface area (Å²) in [5.41, 5.74) is 1.40. The zero-order chi connectivity index (χ0) is 19.9. The SMILES string of the molecule is CCOc1ccc(-n2nnnc2S[C@H](C)C(=O)Nc2ccccc2OC)cc1. The fourth-order valence-electron chi connectivity index (χ4n) is 2.46. The highest BCUT2D eigenvalue weighted by molar-refractivity contribution is 8.00. The number of rotatable bonds is 8. The normalized spacial score (nSPS) is 11.7. The number of tetrazole rings is 1. The van der Waals surface area contributed by atoms with E-state index in [4.69, 9.17) is 9.47 Å². The molecule has 1 atom stereocenters. The molecule has 0 saturated heterocycles. The van der Waals surface area contributed by atoms with E-state index in [-0.39, 0.29) is 5.91 Å². The molecular formula is C19H21N5O3S. The number of benzene rings is 2. The summed E-state index contributed by atoms with van der Waals surface area (Å²) in [5.74, 6) is 1.21. The molecule has 9 heteroatoms. The van der Waals surface area contributed by atoms with Gasteiger partial charge in [0.15, 0.2) is 0 Å². The molecule has 0 aliphatic carbocycles. The Balaban J connectivity index is 1.70. The average molecular weight is 399 g/mol. The van der Waals surface area contributed by atoms with Crippen LogP contribution in [-0.2, 0) is 4.79 Å². The van der Waals surface area contributed by atoms with Gasteiger partial charge in [0.1, 0.15) is 11.5 Å². The van der Waals surface area contributed by atoms with Crippen molar-refractivity contribution in [2.24, 2.45) is 0 Å². The Hall–Kier alpha value is -3.07. The summed E-state index contributed by atoms with van der Waals surface area (Å²) in [5, 5.41) is 14.8. The Labute approximate surface area is 167 Å². The summed E-state index contributed by atoms with van der Waals surface area (Å²) < 4.78 is 12.3. The molecule has 8 nitrogen and oxygen atoms in total. The van der Waals surface area contributed by atoms with Gasteiger partial charge in [0.25, 0.3) is 0 Å². The van der Waals surface area contributed by atoms with Crippen LogP contribution in [-0.4, -0.2) is 45.1 Å². The van der Waals surface area contributed by atoms with Gasteiger partial charge < -0.3 is 14.8 Å². The van der Waals surface area contributed by atoms with E-state index < -0.39 is 5.25 Å². The van der Waals surface area contributed by atoms with Crippen molar-refractivity contribution in [3.05, 3.63) is 48.5 Å². The van der Waals surface area contributed by atoms with E-state index in [0.717, 1.165) is 11.4 Å². The van der Waals surface area contributed by atoms with Crippen LogP contribution in [0.2, 0.25) is 0 Å². The zero-order valence-electron chi connectivity index (χ0n) is 15.8. The number of carbonyl (C=O) groups is 1. The zero-order valence-corrected chi connectivity index (χ0v) is 16.6. The number of carbonyl (C=O) groups excluding carboxylic acids is 1. The van der Waals surface area contributed by atoms with Crippen LogP contribution in [0.4, 0.5) is 5.69 Å². The number of anilines is 1. The number of methoxy groups -OCH3 is 1. The monoisotopic (exact) mass is 399 g/mol. The second-order valence-corrected chi connectivity index (χ2v) is 7.06. The lowest BCUT2D eigenvalue weighted by Crippen LogP contribution is -2.23. The van der Waals surface area contributed by atoms with Gasteiger partial charge in [-0.1, -0.05) is 23.9 Å². The number of hydrogen-bond acceptors (Lipinski definition) is 7. The number of nitrogens with zero attached hydrogens (tertiary/aromatic N) is 4. The van der Waals surface area contributed by atoms with Crippen molar-refractivity contribution >= 4 is 23.4 Å². The molecule has 0 spiro atoms. The van der Waals surface area contributed by atoms with Gasteiger partial charge in [0.2, 0.25) is 11.1 Å². The first-order valence-electron chi connectivity index (χ1n) is 8.74. The molecule has 28 heavy (non-hydrogen) atoms. The molecule has 0 fully saturated rings. The molecule has 3 aromatic rings. The minimum absolute atomic E-state index is 0.171. The summed E-state index contributed by atoms with van der Waals surface area (Å²) in [4.78, 5) is 12.6. The third kappa shape index (κ3) is 4.61. The van der Waals surface area contributed by atoms with E-state index in [1.165, 1.54) is 11.8 Å². The molecule has 1 amide bonds. The summed E-state index contributed by atoms with van der Waals surface area (Å²) in [6, 6.07) is 14.7. The van der Waals surface area contributed by atoms with Crippen molar-refractivity contribution in [2.75, 3.05) is 19.0 Å². The molecule has 0 saturated carbocycles. The molecular weight excluding hydrogens is 378 g/mol. The molecule has 0 aliphatic rings. The van der Waals surface area contributed by atoms with E-state index in [9.17, 15) is 4.79 Å². The summed E-state index contributed by atoms with van der Waals surface area (Å²) in [7, 11) is 1.56. The Bertz CT molecular complexity index is 929. The topological polar surface area (TPSA) is 91.2 Å².